The monoisotopic (exact) mass is 236 g/mol. The molecule has 3 rings (SSSR count). The van der Waals surface area contributed by atoms with Gasteiger partial charge >= 0.3 is 0 Å². The van der Waals surface area contributed by atoms with Crippen molar-refractivity contribution in [3.8, 4) is 0 Å². The molecule has 2 aliphatic carbocycles. The molecule has 1 heterocycles. The summed E-state index contributed by atoms with van der Waals surface area (Å²) in [5.74, 6) is 1.02. The largest absolute Gasteiger partial charge is 0.319 e. The van der Waals surface area contributed by atoms with Crippen LogP contribution < -0.4 is 5.32 Å². The predicted octanol–water partition coefficient (Wildman–Crippen LogP) is 2.64. The van der Waals surface area contributed by atoms with Crippen LogP contribution in [0.4, 0.5) is 0 Å². The summed E-state index contributed by atoms with van der Waals surface area (Å²) >= 11 is 0. The van der Waals surface area contributed by atoms with E-state index < -0.39 is 0 Å². The normalized spacial score (nSPS) is 30.9. The fourth-order valence-corrected chi connectivity index (χ4v) is 4.39. The minimum atomic E-state index is 0.649. The molecule has 0 spiro atoms. The molecule has 0 amide bonds. The fourth-order valence-electron chi connectivity index (χ4n) is 4.39. The van der Waals surface area contributed by atoms with Crippen molar-refractivity contribution in [2.45, 2.75) is 57.4 Å². The molecule has 0 atom stereocenters. The van der Waals surface area contributed by atoms with Gasteiger partial charge in [0, 0.05) is 12.6 Å². The van der Waals surface area contributed by atoms with Crippen molar-refractivity contribution < 1.29 is 0 Å². The van der Waals surface area contributed by atoms with E-state index in [2.05, 4.69) is 17.3 Å². The molecule has 1 saturated heterocycles. The average Bonchev–Trinajstić information content (AvgIpc) is 3.05. The molecule has 1 N–H and O–H groups in total. The summed E-state index contributed by atoms with van der Waals surface area (Å²) in [7, 11) is 2.14. The van der Waals surface area contributed by atoms with Gasteiger partial charge in [0.15, 0.2) is 0 Å². The summed E-state index contributed by atoms with van der Waals surface area (Å²) in [6.07, 6.45) is 11.8. The first-order chi connectivity index (χ1) is 8.34. The molecule has 0 aromatic rings. The van der Waals surface area contributed by atoms with Crippen LogP contribution in [0.5, 0.6) is 0 Å². The summed E-state index contributed by atoms with van der Waals surface area (Å²) in [6.45, 7) is 4.02. The van der Waals surface area contributed by atoms with Crippen LogP contribution in [-0.2, 0) is 0 Å². The first-order valence-corrected chi connectivity index (χ1v) is 7.73. The molecular formula is C15H28N2. The zero-order chi connectivity index (χ0) is 11.7. The van der Waals surface area contributed by atoms with Gasteiger partial charge in [0.25, 0.3) is 0 Å². The lowest BCUT2D eigenvalue weighted by Gasteiger charge is -2.46. The smallest absolute Gasteiger partial charge is 0.00964 e. The third-order valence-corrected chi connectivity index (χ3v) is 5.61. The van der Waals surface area contributed by atoms with Crippen molar-refractivity contribution in [2.24, 2.45) is 11.3 Å². The highest BCUT2D eigenvalue weighted by atomic mass is 15.2. The van der Waals surface area contributed by atoms with Crippen LogP contribution in [0.1, 0.15) is 51.4 Å². The molecule has 0 aromatic carbocycles. The Kier molecular flexibility index (Phi) is 3.45. The Morgan fingerprint density at radius 1 is 1.06 bits per heavy atom. The zero-order valence-corrected chi connectivity index (χ0v) is 11.4. The van der Waals surface area contributed by atoms with Gasteiger partial charge in [-0.15, -0.1) is 0 Å². The fraction of sp³-hybridized carbons (Fsp3) is 1.00. The van der Waals surface area contributed by atoms with Gasteiger partial charge in [0.1, 0.15) is 0 Å². The zero-order valence-electron chi connectivity index (χ0n) is 11.4. The molecule has 2 heteroatoms. The van der Waals surface area contributed by atoms with Crippen molar-refractivity contribution in [2.75, 3.05) is 26.7 Å². The van der Waals surface area contributed by atoms with E-state index >= 15 is 0 Å². The van der Waals surface area contributed by atoms with Gasteiger partial charge in [-0.3, -0.25) is 0 Å². The van der Waals surface area contributed by atoms with Crippen molar-refractivity contribution in [3.05, 3.63) is 0 Å². The Labute approximate surface area is 106 Å². The van der Waals surface area contributed by atoms with Crippen LogP contribution in [0.2, 0.25) is 0 Å². The maximum Gasteiger partial charge on any atom is 0.00964 e. The quantitative estimate of drug-likeness (QED) is 0.807. The molecule has 2 saturated carbocycles. The molecule has 0 bridgehead atoms. The molecule has 1 aliphatic heterocycles. The second-order valence-corrected chi connectivity index (χ2v) is 6.64. The van der Waals surface area contributed by atoms with Crippen LogP contribution >= 0.6 is 0 Å². The second kappa shape index (κ2) is 4.89. The van der Waals surface area contributed by atoms with E-state index in [4.69, 9.17) is 0 Å². The highest BCUT2D eigenvalue weighted by Gasteiger charge is 2.43. The summed E-state index contributed by atoms with van der Waals surface area (Å²) < 4.78 is 0. The molecule has 0 aromatic heterocycles. The maximum absolute atomic E-state index is 3.50. The first-order valence-electron chi connectivity index (χ1n) is 7.73. The molecule has 0 radical (unpaired) electrons. The van der Waals surface area contributed by atoms with Gasteiger partial charge in [0.2, 0.25) is 0 Å². The third-order valence-electron chi connectivity index (χ3n) is 5.61. The van der Waals surface area contributed by atoms with Crippen LogP contribution in [0, 0.1) is 11.3 Å². The number of likely N-dealkylation sites (tertiary alicyclic amines) is 1. The van der Waals surface area contributed by atoms with Gasteiger partial charge in [-0.2, -0.15) is 0 Å². The minimum Gasteiger partial charge on any atom is -0.319 e. The topological polar surface area (TPSA) is 15.3 Å². The standard InChI is InChI=1S/C15H28N2/c1-16-12-15(13-4-2-3-5-13)8-10-17(11-9-15)14-6-7-14/h13-14,16H,2-12H2,1H3. The van der Waals surface area contributed by atoms with E-state index in [0.717, 1.165) is 12.0 Å². The van der Waals surface area contributed by atoms with E-state index in [1.165, 1.54) is 71.0 Å². The van der Waals surface area contributed by atoms with Crippen molar-refractivity contribution in [1.29, 1.82) is 0 Å². The minimum absolute atomic E-state index is 0.649. The SMILES string of the molecule is CNCC1(C2CCCC2)CCN(C2CC2)CC1. The van der Waals surface area contributed by atoms with Crippen molar-refractivity contribution in [3.63, 3.8) is 0 Å². The lowest BCUT2D eigenvalue weighted by atomic mass is 9.67. The predicted molar refractivity (Wildman–Crippen MR) is 72.1 cm³/mol. The Balaban J connectivity index is 1.63. The highest BCUT2D eigenvalue weighted by Crippen LogP contribution is 2.47. The molecule has 98 valence electrons. The highest BCUT2D eigenvalue weighted by molar-refractivity contribution is 4.97. The Morgan fingerprint density at radius 2 is 1.71 bits per heavy atom. The average molecular weight is 236 g/mol. The number of hydrogen-bond acceptors (Lipinski definition) is 2. The molecule has 3 fully saturated rings. The summed E-state index contributed by atoms with van der Waals surface area (Å²) in [6, 6.07) is 0.978. The van der Waals surface area contributed by atoms with Gasteiger partial charge in [-0.1, -0.05) is 12.8 Å². The van der Waals surface area contributed by atoms with Crippen LogP contribution in [0.15, 0.2) is 0 Å². The molecule has 3 aliphatic rings. The van der Waals surface area contributed by atoms with Gasteiger partial charge < -0.3 is 10.2 Å². The summed E-state index contributed by atoms with van der Waals surface area (Å²) in [4.78, 5) is 2.77. The van der Waals surface area contributed by atoms with E-state index in [1.807, 2.05) is 0 Å². The Bertz CT molecular complexity index is 246. The lowest BCUT2D eigenvalue weighted by Crippen LogP contribution is -2.48. The van der Waals surface area contributed by atoms with Crippen LogP contribution in [0.25, 0.3) is 0 Å². The lowest BCUT2D eigenvalue weighted by molar-refractivity contribution is 0.0472. The van der Waals surface area contributed by atoms with Gasteiger partial charge in [-0.25, -0.2) is 0 Å². The molecule has 17 heavy (non-hydrogen) atoms. The molecule has 2 nitrogen and oxygen atoms in total. The van der Waals surface area contributed by atoms with Crippen LogP contribution in [0.3, 0.4) is 0 Å². The van der Waals surface area contributed by atoms with E-state index in [9.17, 15) is 0 Å². The number of nitrogens with one attached hydrogen (secondary N) is 1. The Morgan fingerprint density at radius 3 is 2.24 bits per heavy atom. The summed E-state index contributed by atoms with van der Waals surface area (Å²) in [5, 5.41) is 3.50. The number of nitrogens with zero attached hydrogens (tertiary/aromatic N) is 1. The number of piperidine rings is 1. The van der Waals surface area contributed by atoms with Gasteiger partial charge in [0.05, 0.1) is 0 Å². The van der Waals surface area contributed by atoms with E-state index in [-0.39, 0.29) is 0 Å². The van der Waals surface area contributed by atoms with Crippen molar-refractivity contribution in [1.82, 2.24) is 10.2 Å². The third kappa shape index (κ3) is 2.39. The van der Waals surface area contributed by atoms with Crippen LogP contribution in [-0.4, -0.2) is 37.6 Å². The maximum atomic E-state index is 3.50. The first kappa shape index (κ1) is 12.0. The van der Waals surface area contributed by atoms with E-state index in [0.29, 0.717) is 5.41 Å². The number of rotatable bonds is 4. The van der Waals surface area contributed by atoms with Gasteiger partial charge in [-0.05, 0) is 70.0 Å². The summed E-state index contributed by atoms with van der Waals surface area (Å²) in [5.41, 5.74) is 0.649. The van der Waals surface area contributed by atoms with Crippen molar-refractivity contribution >= 4 is 0 Å². The number of hydrogen-bond donors (Lipinski definition) is 1. The Hall–Kier alpha value is -0.0800. The molecular weight excluding hydrogens is 208 g/mol. The van der Waals surface area contributed by atoms with E-state index in [1.54, 1.807) is 0 Å². The second-order valence-electron chi connectivity index (χ2n) is 6.64. The molecule has 0 unspecified atom stereocenters.